The maximum Gasteiger partial charge on any atom is 0.192 e. The van der Waals surface area contributed by atoms with Crippen LogP contribution >= 0.6 is 0 Å². The van der Waals surface area contributed by atoms with E-state index in [2.05, 4.69) is 40.8 Å². The molecule has 0 aromatic rings. The first-order valence-electron chi connectivity index (χ1n) is 6.86. The number of aliphatic hydroxyl groups is 1. The van der Waals surface area contributed by atoms with E-state index in [0.29, 0.717) is 5.92 Å². The van der Waals surface area contributed by atoms with Gasteiger partial charge in [-0.05, 0) is 43.8 Å². The van der Waals surface area contributed by atoms with E-state index in [1.807, 2.05) is 6.92 Å². The first-order valence-corrected chi connectivity index (χ1v) is 9.77. The van der Waals surface area contributed by atoms with E-state index in [1.165, 1.54) is 0 Å². The fourth-order valence-electron chi connectivity index (χ4n) is 2.21. The van der Waals surface area contributed by atoms with E-state index in [-0.39, 0.29) is 11.1 Å². The summed E-state index contributed by atoms with van der Waals surface area (Å²) in [6, 6.07) is 0. The van der Waals surface area contributed by atoms with Gasteiger partial charge in [-0.3, -0.25) is 0 Å². The van der Waals surface area contributed by atoms with Gasteiger partial charge in [-0.25, -0.2) is 0 Å². The lowest BCUT2D eigenvalue weighted by Crippen LogP contribution is -2.49. The predicted octanol–water partition coefficient (Wildman–Crippen LogP) is 3.95. The van der Waals surface area contributed by atoms with Gasteiger partial charge in [0, 0.05) is 12.5 Å². The average molecular weight is 258 g/mol. The lowest BCUT2D eigenvalue weighted by atomic mass is 9.76. The van der Waals surface area contributed by atoms with Gasteiger partial charge in [0.15, 0.2) is 8.32 Å². The molecule has 0 spiro atoms. The van der Waals surface area contributed by atoms with E-state index in [0.717, 1.165) is 19.3 Å². The second-order valence-electron chi connectivity index (χ2n) is 7.54. The smallest absolute Gasteiger partial charge is 0.192 e. The number of rotatable bonds is 2. The molecule has 0 bridgehead atoms. The van der Waals surface area contributed by atoms with Crippen LogP contribution in [-0.4, -0.2) is 25.1 Å². The van der Waals surface area contributed by atoms with E-state index < -0.39 is 13.9 Å². The molecule has 3 atom stereocenters. The van der Waals surface area contributed by atoms with Crippen molar-refractivity contribution in [3.8, 4) is 0 Å². The van der Waals surface area contributed by atoms with Crippen LogP contribution in [0.5, 0.6) is 0 Å². The minimum atomic E-state index is -1.69. The Labute approximate surface area is 108 Å². The van der Waals surface area contributed by atoms with Crippen molar-refractivity contribution in [3.05, 3.63) is 0 Å². The molecule has 0 heterocycles. The van der Waals surface area contributed by atoms with E-state index in [1.54, 1.807) is 0 Å². The summed E-state index contributed by atoms with van der Waals surface area (Å²) in [7, 11) is -1.69. The van der Waals surface area contributed by atoms with Crippen LogP contribution in [0.2, 0.25) is 18.1 Å². The molecule has 0 unspecified atom stereocenters. The first-order chi connectivity index (χ1) is 7.46. The molecule has 1 saturated carbocycles. The Morgan fingerprint density at radius 3 is 2.18 bits per heavy atom. The molecule has 1 N–H and O–H groups in total. The lowest BCUT2D eigenvalue weighted by Gasteiger charge is -2.45. The van der Waals surface area contributed by atoms with Crippen molar-refractivity contribution >= 4 is 8.32 Å². The van der Waals surface area contributed by atoms with Crippen LogP contribution in [0.25, 0.3) is 0 Å². The van der Waals surface area contributed by atoms with Gasteiger partial charge in [0.2, 0.25) is 0 Å². The molecule has 3 heteroatoms. The Bertz CT molecular complexity index is 266. The van der Waals surface area contributed by atoms with Crippen LogP contribution < -0.4 is 0 Å². The highest BCUT2D eigenvalue weighted by atomic mass is 28.4. The predicted molar refractivity (Wildman–Crippen MR) is 75.7 cm³/mol. The van der Waals surface area contributed by atoms with E-state index in [9.17, 15) is 5.11 Å². The molecule has 0 radical (unpaired) electrons. The van der Waals surface area contributed by atoms with Crippen molar-refractivity contribution in [2.45, 2.75) is 83.7 Å². The Hall–Kier alpha value is 0.137. The summed E-state index contributed by atoms with van der Waals surface area (Å²) in [5, 5.41) is 10.6. The molecular weight excluding hydrogens is 228 g/mol. The number of hydrogen-bond donors (Lipinski definition) is 1. The van der Waals surface area contributed by atoms with Gasteiger partial charge in [0.1, 0.15) is 0 Å². The van der Waals surface area contributed by atoms with Gasteiger partial charge in [-0.2, -0.15) is 0 Å². The number of hydrogen-bond acceptors (Lipinski definition) is 2. The molecule has 17 heavy (non-hydrogen) atoms. The van der Waals surface area contributed by atoms with Gasteiger partial charge in [0.05, 0.1) is 5.60 Å². The van der Waals surface area contributed by atoms with Gasteiger partial charge < -0.3 is 9.53 Å². The third-order valence-electron chi connectivity index (χ3n) is 4.89. The molecule has 2 nitrogen and oxygen atoms in total. The Balaban J connectivity index is 2.66. The Kier molecular flexibility index (Phi) is 4.17. The largest absolute Gasteiger partial charge is 0.414 e. The highest BCUT2D eigenvalue weighted by Crippen LogP contribution is 2.41. The summed E-state index contributed by atoms with van der Waals surface area (Å²) in [5.41, 5.74) is -0.550. The zero-order chi connectivity index (χ0) is 13.5. The maximum absolute atomic E-state index is 10.3. The summed E-state index contributed by atoms with van der Waals surface area (Å²) in [6.07, 6.45) is 3.22. The molecule has 102 valence electrons. The fourth-order valence-corrected chi connectivity index (χ4v) is 3.59. The zero-order valence-electron chi connectivity index (χ0n) is 12.6. The van der Waals surface area contributed by atoms with Gasteiger partial charge >= 0.3 is 0 Å². The second kappa shape index (κ2) is 4.67. The van der Waals surface area contributed by atoms with Crippen LogP contribution in [0.3, 0.4) is 0 Å². The van der Waals surface area contributed by atoms with Gasteiger partial charge in [-0.1, -0.05) is 27.7 Å². The van der Waals surface area contributed by atoms with Crippen molar-refractivity contribution < 1.29 is 9.53 Å². The van der Waals surface area contributed by atoms with Crippen molar-refractivity contribution in [1.29, 1.82) is 0 Å². The van der Waals surface area contributed by atoms with Crippen molar-refractivity contribution in [2.75, 3.05) is 0 Å². The third-order valence-corrected chi connectivity index (χ3v) is 9.43. The van der Waals surface area contributed by atoms with Gasteiger partial charge in [0.25, 0.3) is 0 Å². The quantitative estimate of drug-likeness (QED) is 0.760. The normalized spacial score (nSPS) is 36.0. The van der Waals surface area contributed by atoms with Crippen LogP contribution in [0.4, 0.5) is 0 Å². The molecule has 0 saturated heterocycles. The first kappa shape index (κ1) is 15.2. The molecule has 0 aromatic carbocycles. The van der Waals surface area contributed by atoms with Crippen LogP contribution in [0.15, 0.2) is 0 Å². The van der Waals surface area contributed by atoms with Crippen LogP contribution in [0.1, 0.15) is 53.9 Å². The SMILES string of the molecule is C[C@H]1CC[C@@H](O[Si](C)(C)C(C)(C)C)C[C@]1(C)O. The van der Waals surface area contributed by atoms with Crippen molar-refractivity contribution in [3.63, 3.8) is 0 Å². The van der Waals surface area contributed by atoms with Crippen LogP contribution in [0, 0.1) is 5.92 Å². The minimum absolute atomic E-state index is 0.252. The maximum atomic E-state index is 10.3. The average Bonchev–Trinajstić information content (AvgIpc) is 2.08. The summed E-state index contributed by atoms with van der Waals surface area (Å²) >= 11 is 0. The second-order valence-corrected chi connectivity index (χ2v) is 12.3. The zero-order valence-corrected chi connectivity index (χ0v) is 13.6. The van der Waals surface area contributed by atoms with Crippen molar-refractivity contribution in [2.24, 2.45) is 5.92 Å². The highest BCUT2D eigenvalue weighted by molar-refractivity contribution is 6.74. The Morgan fingerprint density at radius 1 is 1.24 bits per heavy atom. The van der Waals surface area contributed by atoms with E-state index >= 15 is 0 Å². The third kappa shape index (κ3) is 3.55. The summed E-state index contributed by atoms with van der Waals surface area (Å²) in [4.78, 5) is 0. The molecule has 1 aliphatic carbocycles. The molecular formula is C14H30O2Si. The van der Waals surface area contributed by atoms with Gasteiger partial charge in [-0.15, -0.1) is 0 Å². The molecule has 0 aliphatic heterocycles. The van der Waals surface area contributed by atoms with E-state index in [4.69, 9.17) is 4.43 Å². The summed E-state index contributed by atoms with van der Waals surface area (Å²) in [5.74, 6) is 0.391. The standard InChI is InChI=1S/C14H30O2Si/c1-11-8-9-12(10-14(11,5)15)16-17(6,7)13(2,3)4/h11-12,15H,8-10H2,1-7H3/t11-,12+,14-/m0/s1. The molecule has 0 amide bonds. The van der Waals surface area contributed by atoms with Crippen LogP contribution in [-0.2, 0) is 4.43 Å². The summed E-state index contributed by atoms with van der Waals surface area (Å²) < 4.78 is 6.41. The van der Waals surface area contributed by atoms with Crippen molar-refractivity contribution in [1.82, 2.24) is 0 Å². The Morgan fingerprint density at radius 2 is 1.76 bits per heavy atom. The lowest BCUT2D eigenvalue weighted by molar-refractivity contribution is -0.0649. The molecule has 1 rings (SSSR count). The molecule has 0 aromatic heterocycles. The molecule has 1 aliphatic rings. The molecule has 1 fully saturated rings. The minimum Gasteiger partial charge on any atom is -0.414 e. The fraction of sp³-hybridized carbons (Fsp3) is 1.00. The topological polar surface area (TPSA) is 29.5 Å². The highest BCUT2D eigenvalue weighted by Gasteiger charge is 2.43. The summed E-state index contributed by atoms with van der Waals surface area (Å²) in [6.45, 7) is 15.5. The monoisotopic (exact) mass is 258 g/mol.